The topological polar surface area (TPSA) is 331 Å². The molecule has 16 atom stereocenters. The van der Waals surface area contributed by atoms with Gasteiger partial charge in [-0.25, -0.2) is 0 Å². The lowest BCUT2D eigenvalue weighted by Gasteiger charge is -2.56. The van der Waals surface area contributed by atoms with Gasteiger partial charge in [-0.15, -0.1) is 0 Å². The van der Waals surface area contributed by atoms with Crippen molar-refractivity contribution in [2.45, 2.75) is 164 Å². The largest absolute Gasteiger partial charge is 0.481 e. The van der Waals surface area contributed by atoms with E-state index in [0.717, 1.165) is 27.7 Å². The van der Waals surface area contributed by atoms with Crippen molar-refractivity contribution in [3.05, 3.63) is 0 Å². The lowest BCUT2D eigenvalue weighted by molar-refractivity contribution is -0.434. The molecule has 8 N–H and O–H groups in total. The Morgan fingerprint density at radius 3 is 2.05 bits per heavy atom. The Balaban J connectivity index is 1.55. The molecule has 23 nitrogen and oxygen atoms in total. The molecule has 338 valence electrons. The zero-order valence-corrected chi connectivity index (χ0v) is 33.2. The lowest BCUT2D eigenvalue weighted by Crippen LogP contribution is -2.73. The van der Waals surface area contributed by atoms with Crippen LogP contribution in [0, 0.1) is 0 Å². The zero-order chi connectivity index (χ0) is 43.6. The summed E-state index contributed by atoms with van der Waals surface area (Å²) in [6, 6.07) is -1.36. The number of nitrogens with one attached hydrogen (secondary N) is 1. The fraction of sp³-hybridized carbons (Fsp3) is 0.861. The molecular formula is C36H57NO22. The monoisotopic (exact) mass is 855 g/mol. The van der Waals surface area contributed by atoms with Crippen molar-refractivity contribution in [2.24, 2.45) is 0 Å². The highest BCUT2D eigenvalue weighted by Crippen LogP contribution is 2.42. The number of aliphatic hydroxyl groups excluding tert-OH is 6. The van der Waals surface area contributed by atoms with Crippen LogP contribution in [0.25, 0.3) is 0 Å². The van der Waals surface area contributed by atoms with Crippen LogP contribution in [0.15, 0.2) is 0 Å². The van der Waals surface area contributed by atoms with Gasteiger partial charge in [-0.05, 0) is 12.8 Å². The normalized spacial score (nSPS) is 36.7. The molecular weight excluding hydrogens is 798 g/mol. The number of ether oxygens (including phenoxy) is 10. The molecule has 0 aromatic rings. The van der Waals surface area contributed by atoms with Gasteiger partial charge in [0.1, 0.15) is 68.1 Å². The van der Waals surface area contributed by atoms with Gasteiger partial charge in [-0.1, -0.05) is 12.8 Å². The molecule has 9 unspecified atom stereocenters. The average molecular weight is 856 g/mol. The third-order valence-electron chi connectivity index (χ3n) is 10.1. The summed E-state index contributed by atoms with van der Waals surface area (Å²) >= 11 is 0. The van der Waals surface area contributed by atoms with Crippen LogP contribution in [-0.4, -0.2) is 196 Å². The van der Waals surface area contributed by atoms with Crippen molar-refractivity contribution in [1.29, 1.82) is 0 Å². The van der Waals surface area contributed by atoms with Crippen LogP contribution in [0.3, 0.4) is 0 Å². The SMILES string of the molecule is CC(=O)NC1C(O)CC2(COC3C(O[C@H]4[C@H](O)[C@@H](O)[C@@H](OCCCCCCC(=O)O)O[C@@H]4CO)OC(CO)C(O)C3O2)OC1[C@@H](OC(C)=O)[C@H](COC(C)=O)OC(C)=O. The first kappa shape index (κ1) is 48.5. The smallest absolute Gasteiger partial charge is 0.303 e. The maximum absolute atomic E-state index is 12.4. The molecule has 59 heavy (non-hydrogen) atoms. The van der Waals surface area contributed by atoms with E-state index in [4.69, 9.17) is 52.5 Å². The molecule has 0 bridgehead atoms. The second-order valence-electron chi connectivity index (χ2n) is 14.8. The highest BCUT2D eigenvalue weighted by Gasteiger charge is 2.61. The molecule has 1 spiro atoms. The van der Waals surface area contributed by atoms with Crippen LogP contribution in [-0.2, 0) is 71.3 Å². The summed E-state index contributed by atoms with van der Waals surface area (Å²) in [6.07, 6.45) is -19.6. The van der Waals surface area contributed by atoms with Gasteiger partial charge in [0.05, 0.1) is 25.4 Å². The Morgan fingerprint density at radius 2 is 1.44 bits per heavy atom. The quantitative estimate of drug-likeness (QED) is 0.0355. The van der Waals surface area contributed by atoms with E-state index >= 15 is 0 Å². The van der Waals surface area contributed by atoms with Gasteiger partial charge in [-0.2, -0.15) is 0 Å². The van der Waals surface area contributed by atoms with Gasteiger partial charge in [-0.3, -0.25) is 24.0 Å². The van der Waals surface area contributed by atoms with Crippen LogP contribution < -0.4 is 5.32 Å². The van der Waals surface area contributed by atoms with E-state index < -0.39 is 160 Å². The van der Waals surface area contributed by atoms with Crippen molar-refractivity contribution < 1.29 is 107 Å². The molecule has 0 aromatic carbocycles. The molecule has 4 aliphatic heterocycles. The fourth-order valence-corrected chi connectivity index (χ4v) is 7.45. The molecule has 0 saturated carbocycles. The van der Waals surface area contributed by atoms with Crippen LogP contribution in [0.2, 0.25) is 0 Å². The Kier molecular flexibility index (Phi) is 18.1. The molecule has 4 fully saturated rings. The first-order chi connectivity index (χ1) is 27.9. The first-order valence-electron chi connectivity index (χ1n) is 19.4. The molecule has 0 aromatic heterocycles. The Morgan fingerprint density at radius 1 is 0.780 bits per heavy atom. The molecule has 4 rings (SSSR count). The van der Waals surface area contributed by atoms with E-state index in [9.17, 15) is 54.6 Å². The van der Waals surface area contributed by atoms with Gasteiger partial charge < -0.3 is 88.4 Å². The van der Waals surface area contributed by atoms with Crippen LogP contribution in [0.1, 0.15) is 66.2 Å². The highest BCUT2D eigenvalue weighted by atomic mass is 16.8. The van der Waals surface area contributed by atoms with Gasteiger partial charge >= 0.3 is 23.9 Å². The van der Waals surface area contributed by atoms with Crippen molar-refractivity contribution >= 4 is 29.8 Å². The third kappa shape index (κ3) is 12.9. The van der Waals surface area contributed by atoms with Gasteiger partial charge in [0.25, 0.3) is 0 Å². The lowest BCUT2D eigenvalue weighted by atomic mass is 9.87. The summed E-state index contributed by atoms with van der Waals surface area (Å²) < 4.78 is 58.0. The summed E-state index contributed by atoms with van der Waals surface area (Å²) in [4.78, 5) is 59.4. The maximum atomic E-state index is 12.4. The molecule has 1 amide bonds. The molecule has 23 heteroatoms. The summed E-state index contributed by atoms with van der Waals surface area (Å²) in [5.74, 6) is -6.11. The standard InChI is InChI=1S/C36H57NO22/c1-16(40)37-25-20(44)11-36(58-31(25)30(54-19(4)43)23(53-18(3)42)14-51-17(2)41)15-52-33-32(59-36)26(47)21(12-38)55-35(33)57-29-22(13-39)56-34(28(49)27(29)48)50-10-8-6-5-7-9-24(45)46/h20-23,25-35,38-39,44,47-49H,5-15H2,1-4H3,(H,37,40)(H,45,46)/t20?,21?,22-,23+,25?,26?,27-,28-,29-,30+,31?,32?,33?,34+,35?,36?/m1/s1. The van der Waals surface area contributed by atoms with Crippen LogP contribution in [0.4, 0.5) is 0 Å². The van der Waals surface area contributed by atoms with Crippen molar-refractivity contribution in [1.82, 2.24) is 5.32 Å². The van der Waals surface area contributed by atoms with Gasteiger partial charge in [0.2, 0.25) is 5.91 Å². The number of aliphatic carboxylic acids is 1. The van der Waals surface area contributed by atoms with Crippen molar-refractivity contribution in [3.8, 4) is 0 Å². The van der Waals surface area contributed by atoms with E-state index in [1.54, 1.807) is 0 Å². The van der Waals surface area contributed by atoms with Crippen molar-refractivity contribution in [2.75, 3.05) is 33.0 Å². The molecule has 0 radical (unpaired) electrons. The van der Waals surface area contributed by atoms with Crippen molar-refractivity contribution in [3.63, 3.8) is 0 Å². The number of unbranched alkanes of at least 4 members (excludes halogenated alkanes) is 3. The minimum atomic E-state index is -2.01. The van der Waals surface area contributed by atoms with Gasteiger partial charge in [0, 0.05) is 47.1 Å². The van der Waals surface area contributed by atoms with E-state index in [1.165, 1.54) is 0 Å². The maximum Gasteiger partial charge on any atom is 0.303 e. The second kappa shape index (κ2) is 22.1. The molecule has 4 aliphatic rings. The first-order valence-corrected chi connectivity index (χ1v) is 19.4. The number of carbonyl (C=O) groups excluding carboxylic acids is 4. The third-order valence-corrected chi connectivity index (χ3v) is 10.1. The van der Waals surface area contributed by atoms with E-state index in [0.29, 0.717) is 25.7 Å². The van der Waals surface area contributed by atoms with Gasteiger partial charge in [0.15, 0.2) is 30.6 Å². The zero-order valence-electron chi connectivity index (χ0n) is 33.2. The number of hydrogen-bond donors (Lipinski definition) is 8. The predicted octanol–water partition coefficient (Wildman–Crippen LogP) is -3.50. The summed E-state index contributed by atoms with van der Waals surface area (Å²) in [5.41, 5.74) is 0. The number of rotatable bonds is 19. The minimum absolute atomic E-state index is 0.0365. The van der Waals surface area contributed by atoms with E-state index in [-0.39, 0.29) is 13.0 Å². The van der Waals surface area contributed by atoms with E-state index in [1.807, 2.05) is 0 Å². The number of carboxylic acids is 1. The highest BCUT2D eigenvalue weighted by molar-refractivity contribution is 5.73. The number of carboxylic acid groups (broad SMARTS) is 1. The summed E-state index contributed by atoms with van der Waals surface area (Å²) in [5, 5.41) is 76.7. The predicted molar refractivity (Wildman–Crippen MR) is 189 cm³/mol. The average Bonchev–Trinajstić information content (AvgIpc) is 3.16. The Labute approximate surface area is 339 Å². The molecule has 4 saturated heterocycles. The summed E-state index contributed by atoms with van der Waals surface area (Å²) in [6.45, 7) is 1.66. The number of hydrogen-bond acceptors (Lipinski definition) is 21. The minimum Gasteiger partial charge on any atom is -0.481 e. The van der Waals surface area contributed by atoms with Crippen LogP contribution in [0.5, 0.6) is 0 Å². The number of aliphatic hydroxyl groups is 6. The number of carbonyl (C=O) groups is 5. The van der Waals surface area contributed by atoms with E-state index in [2.05, 4.69) is 5.32 Å². The Hall–Kier alpha value is -3.17. The Bertz CT molecular complexity index is 1420. The summed E-state index contributed by atoms with van der Waals surface area (Å²) in [7, 11) is 0. The second-order valence-corrected chi connectivity index (χ2v) is 14.8. The fourth-order valence-electron chi connectivity index (χ4n) is 7.45. The number of amides is 1. The number of fused-ring (bicyclic) bond motifs is 1. The number of esters is 3. The molecule has 4 heterocycles. The van der Waals surface area contributed by atoms with Crippen LogP contribution >= 0.6 is 0 Å². The molecule has 0 aliphatic carbocycles.